The van der Waals surface area contributed by atoms with Gasteiger partial charge in [0.05, 0.1) is 24.5 Å². The number of carbonyl (C=O) groups excluding carboxylic acids is 2. The minimum absolute atomic E-state index is 0.0465. The number of alkyl halides is 3. The van der Waals surface area contributed by atoms with Crippen molar-refractivity contribution >= 4 is 17.5 Å². The third-order valence-corrected chi connectivity index (χ3v) is 6.15. The molecule has 0 unspecified atom stereocenters. The standard InChI is InChI=1S/C27H24F3N3O5/c28-27(29,30)38-20-5-7-24-22(16-20)32-26(35)21-15-18(4-6-23(21)37-24)17-2-1-3-19(14-17)25(34)31-8-9-33-10-12-36-13-11-33/h1-7,14-16H,8-13H2,(H,31,34)(H,32,35). The summed E-state index contributed by atoms with van der Waals surface area (Å²) in [4.78, 5) is 27.9. The van der Waals surface area contributed by atoms with Crippen LogP contribution in [0.1, 0.15) is 20.7 Å². The SMILES string of the molecule is O=C(NCCN1CCOCC1)c1cccc(-c2ccc3c(c2)C(=O)Nc2cc(OC(F)(F)F)ccc2O3)c1. The Morgan fingerprint density at radius 2 is 1.76 bits per heavy atom. The Hall–Kier alpha value is -4.09. The Balaban J connectivity index is 1.30. The van der Waals surface area contributed by atoms with Gasteiger partial charge in [-0.3, -0.25) is 14.5 Å². The zero-order valence-corrected chi connectivity index (χ0v) is 20.1. The third kappa shape index (κ3) is 6.06. The van der Waals surface area contributed by atoms with Gasteiger partial charge in [-0.1, -0.05) is 18.2 Å². The number of rotatable bonds is 6. The van der Waals surface area contributed by atoms with Crippen LogP contribution in [0.4, 0.5) is 18.9 Å². The number of halogens is 3. The van der Waals surface area contributed by atoms with Crippen LogP contribution in [0.3, 0.4) is 0 Å². The second kappa shape index (κ2) is 10.7. The molecule has 198 valence electrons. The van der Waals surface area contributed by atoms with Gasteiger partial charge in [-0.2, -0.15) is 0 Å². The highest BCUT2D eigenvalue weighted by atomic mass is 19.4. The van der Waals surface area contributed by atoms with E-state index in [0.29, 0.717) is 36.4 Å². The number of amides is 2. The number of hydrogen-bond donors (Lipinski definition) is 2. The van der Waals surface area contributed by atoms with Crippen LogP contribution in [-0.4, -0.2) is 62.5 Å². The first-order valence-electron chi connectivity index (χ1n) is 12.0. The van der Waals surface area contributed by atoms with E-state index in [9.17, 15) is 22.8 Å². The van der Waals surface area contributed by atoms with Crippen molar-refractivity contribution in [2.75, 3.05) is 44.7 Å². The van der Waals surface area contributed by atoms with E-state index in [1.54, 1.807) is 36.4 Å². The lowest BCUT2D eigenvalue weighted by Crippen LogP contribution is -2.41. The van der Waals surface area contributed by atoms with E-state index in [2.05, 4.69) is 20.3 Å². The molecule has 0 spiro atoms. The highest BCUT2D eigenvalue weighted by Gasteiger charge is 2.32. The monoisotopic (exact) mass is 527 g/mol. The van der Waals surface area contributed by atoms with Crippen LogP contribution >= 0.6 is 0 Å². The summed E-state index contributed by atoms with van der Waals surface area (Å²) in [6.45, 7) is 4.32. The number of ether oxygens (including phenoxy) is 3. The molecule has 2 heterocycles. The first-order valence-corrected chi connectivity index (χ1v) is 12.0. The van der Waals surface area contributed by atoms with Crippen LogP contribution in [0.15, 0.2) is 60.7 Å². The van der Waals surface area contributed by atoms with Gasteiger partial charge in [0.2, 0.25) is 0 Å². The van der Waals surface area contributed by atoms with E-state index < -0.39 is 18.0 Å². The predicted octanol–water partition coefficient (Wildman–Crippen LogP) is 4.67. The highest BCUT2D eigenvalue weighted by molar-refractivity contribution is 6.08. The molecule has 2 aliphatic rings. The molecular formula is C27H24F3N3O5. The number of morpholine rings is 1. The van der Waals surface area contributed by atoms with Crippen LogP contribution < -0.4 is 20.1 Å². The van der Waals surface area contributed by atoms with Crippen molar-refractivity contribution in [2.45, 2.75) is 6.36 Å². The van der Waals surface area contributed by atoms with Crippen molar-refractivity contribution in [2.24, 2.45) is 0 Å². The summed E-state index contributed by atoms with van der Waals surface area (Å²) in [5.74, 6) is -0.821. The van der Waals surface area contributed by atoms with Crippen molar-refractivity contribution in [3.8, 4) is 28.4 Å². The molecule has 2 N–H and O–H groups in total. The number of fused-ring (bicyclic) bond motifs is 2. The molecule has 0 saturated carbocycles. The number of anilines is 1. The number of nitrogens with zero attached hydrogens (tertiary/aromatic N) is 1. The number of hydrogen-bond acceptors (Lipinski definition) is 6. The Bertz CT molecular complexity index is 1360. The molecular weight excluding hydrogens is 503 g/mol. The Labute approximate surface area is 216 Å². The maximum absolute atomic E-state index is 12.9. The van der Waals surface area contributed by atoms with Gasteiger partial charge in [-0.05, 0) is 47.5 Å². The molecule has 0 radical (unpaired) electrons. The average Bonchev–Trinajstić information content (AvgIpc) is 3.03. The first-order chi connectivity index (χ1) is 18.2. The zero-order valence-electron chi connectivity index (χ0n) is 20.1. The molecule has 11 heteroatoms. The van der Waals surface area contributed by atoms with Crippen LogP contribution in [0.25, 0.3) is 11.1 Å². The molecule has 2 amide bonds. The third-order valence-electron chi connectivity index (χ3n) is 6.15. The lowest BCUT2D eigenvalue weighted by Gasteiger charge is -2.26. The Kier molecular flexibility index (Phi) is 7.21. The summed E-state index contributed by atoms with van der Waals surface area (Å²) in [6, 6.07) is 15.4. The van der Waals surface area contributed by atoms with Gasteiger partial charge >= 0.3 is 6.36 Å². The fourth-order valence-electron chi connectivity index (χ4n) is 4.27. The van der Waals surface area contributed by atoms with Gasteiger partial charge in [0.1, 0.15) is 11.5 Å². The van der Waals surface area contributed by atoms with Crippen LogP contribution in [0, 0.1) is 0 Å². The lowest BCUT2D eigenvalue weighted by molar-refractivity contribution is -0.274. The molecule has 2 aliphatic heterocycles. The van der Waals surface area contributed by atoms with E-state index >= 15 is 0 Å². The summed E-state index contributed by atoms with van der Waals surface area (Å²) < 4.78 is 52.9. The van der Waals surface area contributed by atoms with Crippen LogP contribution in [0.2, 0.25) is 0 Å². The smallest absolute Gasteiger partial charge is 0.454 e. The molecule has 0 atom stereocenters. The second-order valence-corrected chi connectivity index (χ2v) is 8.76. The molecule has 1 saturated heterocycles. The topological polar surface area (TPSA) is 89.1 Å². The molecule has 38 heavy (non-hydrogen) atoms. The molecule has 3 aromatic rings. The molecule has 8 nitrogen and oxygen atoms in total. The molecule has 1 fully saturated rings. The Morgan fingerprint density at radius 1 is 1.00 bits per heavy atom. The Morgan fingerprint density at radius 3 is 2.55 bits per heavy atom. The van der Waals surface area contributed by atoms with Gasteiger partial charge < -0.3 is 24.8 Å². The lowest BCUT2D eigenvalue weighted by atomic mass is 10.00. The highest BCUT2D eigenvalue weighted by Crippen LogP contribution is 2.40. The summed E-state index contributed by atoms with van der Waals surface area (Å²) in [7, 11) is 0. The maximum atomic E-state index is 12.9. The maximum Gasteiger partial charge on any atom is 0.573 e. The zero-order chi connectivity index (χ0) is 26.7. The van der Waals surface area contributed by atoms with Crippen LogP contribution in [0.5, 0.6) is 17.2 Å². The fraction of sp³-hybridized carbons (Fsp3) is 0.259. The normalized spacial score (nSPS) is 15.4. The van der Waals surface area contributed by atoms with Gasteiger partial charge in [0.25, 0.3) is 11.8 Å². The summed E-state index contributed by atoms with van der Waals surface area (Å²) in [5, 5.41) is 5.51. The molecule has 0 aromatic heterocycles. The average molecular weight is 527 g/mol. The van der Waals surface area contributed by atoms with E-state index in [1.165, 1.54) is 6.07 Å². The number of benzene rings is 3. The fourth-order valence-corrected chi connectivity index (χ4v) is 4.27. The quantitative estimate of drug-likeness (QED) is 0.484. The molecule has 0 bridgehead atoms. The minimum Gasteiger partial charge on any atom is -0.454 e. The first kappa shape index (κ1) is 25.6. The van der Waals surface area contributed by atoms with Gasteiger partial charge in [-0.25, -0.2) is 0 Å². The van der Waals surface area contributed by atoms with Crippen molar-refractivity contribution in [1.29, 1.82) is 0 Å². The number of nitrogens with one attached hydrogen (secondary N) is 2. The molecule has 0 aliphatic carbocycles. The number of carbonyl (C=O) groups is 2. The second-order valence-electron chi connectivity index (χ2n) is 8.76. The van der Waals surface area contributed by atoms with Gasteiger partial charge in [-0.15, -0.1) is 13.2 Å². The van der Waals surface area contributed by atoms with E-state index in [4.69, 9.17) is 9.47 Å². The van der Waals surface area contributed by atoms with E-state index in [-0.39, 0.29) is 28.7 Å². The van der Waals surface area contributed by atoms with Crippen molar-refractivity contribution in [1.82, 2.24) is 10.2 Å². The molecule has 3 aromatic carbocycles. The summed E-state index contributed by atoms with van der Waals surface area (Å²) >= 11 is 0. The summed E-state index contributed by atoms with van der Waals surface area (Å²) in [5.41, 5.74) is 2.09. The largest absolute Gasteiger partial charge is 0.573 e. The van der Waals surface area contributed by atoms with Crippen molar-refractivity contribution < 1.29 is 37.0 Å². The summed E-state index contributed by atoms with van der Waals surface area (Å²) in [6.07, 6.45) is -4.87. The predicted molar refractivity (Wildman–Crippen MR) is 133 cm³/mol. The molecule has 5 rings (SSSR count). The van der Waals surface area contributed by atoms with Gasteiger partial charge in [0, 0.05) is 37.8 Å². The van der Waals surface area contributed by atoms with Gasteiger partial charge in [0.15, 0.2) is 5.75 Å². The van der Waals surface area contributed by atoms with Crippen molar-refractivity contribution in [3.63, 3.8) is 0 Å². The van der Waals surface area contributed by atoms with Crippen molar-refractivity contribution in [3.05, 3.63) is 71.8 Å². The minimum atomic E-state index is -4.87. The van der Waals surface area contributed by atoms with E-state index in [1.807, 2.05) is 6.07 Å². The van der Waals surface area contributed by atoms with E-state index in [0.717, 1.165) is 31.8 Å². The van der Waals surface area contributed by atoms with Crippen LogP contribution in [-0.2, 0) is 4.74 Å².